The van der Waals surface area contributed by atoms with Crippen molar-refractivity contribution in [1.29, 1.82) is 0 Å². The third-order valence-corrected chi connectivity index (χ3v) is 9.68. The third-order valence-electron chi connectivity index (χ3n) is 9.05. The molecule has 0 radical (unpaired) electrons. The molecule has 0 aromatic heterocycles. The molecular weight excluding hydrogens is 420 g/mol. The Kier molecular flexibility index (Phi) is 5.27. The van der Waals surface area contributed by atoms with E-state index < -0.39 is 10.5 Å². The van der Waals surface area contributed by atoms with Gasteiger partial charge in [-0.05, 0) is 97.7 Å². The normalized spacial score (nSPS) is 41.3. The van der Waals surface area contributed by atoms with Crippen molar-refractivity contribution in [2.45, 2.75) is 74.9 Å². The summed E-state index contributed by atoms with van der Waals surface area (Å²) in [6, 6.07) is 6.16. The van der Waals surface area contributed by atoms with Gasteiger partial charge in [-0.25, -0.2) is 0 Å². The fourth-order valence-corrected chi connectivity index (χ4v) is 7.70. The van der Waals surface area contributed by atoms with Crippen LogP contribution in [0.4, 0.5) is 5.69 Å². The number of benzene rings is 1. The van der Waals surface area contributed by atoms with Gasteiger partial charge in [-0.1, -0.05) is 36.8 Å². The molecule has 2 saturated carbocycles. The lowest BCUT2D eigenvalue weighted by Crippen LogP contribution is -2.61. The molecule has 1 aromatic rings. The molecule has 0 bridgehead atoms. The Hall–Kier alpha value is -1.75. The first-order valence-corrected chi connectivity index (χ1v) is 12.4. The molecule has 0 saturated heterocycles. The first-order valence-electron chi connectivity index (χ1n) is 12.0. The van der Waals surface area contributed by atoms with Gasteiger partial charge in [-0.15, -0.1) is 11.6 Å². The predicted octanol–water partition coefficient (Wildman–Crippen LogP) is 4.99. The molecule has 4 nitrogen and oxygen atoms in total. The van der Waals surface area contributed by atoms with Crippen molar-refractivity contribution >= 4 is 28.9 Å². The van der Waals surface area contributed by atoms with Crippen LogP contribution in [0.15, 0.2) is 42.1 Å². The summed E-state index contributed by atoms with van der Waals surface area (Å²) in [5, 5.41) is 22.5. The number of anilines is 1. The van der Waals surface area contributed by atoms with Crippen LogP contribution in [-0.2, 0) is 0 Å². The van der Waals surface area contributed by atoms with E-state index in [0.717, 1.165) is 49.7 Å². The molecule has 2 fully saturated rings. The summed E-state index contributed by atoms with van der Waals surface area (Å²) in [6.07, 6.45) is 14.1. The van der Waals surface area contributed by atoms with Gasteiger partial charge in [-0.2, -0.15) is 0 Å². The second-order valence-electron chi connectivity index (χ2n) is 10.7. The molecule has 4 aliphatic carbocycles. The van der Waals surface area contributed by atoms with Crippen LogP contribution >= 0.6 is 11.6 Å². The van der Waals surface area contributed by atoms with Crippen LogP contribution in [0.25, 0.3) is 11.6 Å². The summed E-state index contributed by atoms with van der Waals surface area (Å²) in [5.74, 6) is 0.495. The number of aliphatic hydroxyl groups excluding tert-OH is 1. The molecule has 6 atom stereocenters. The molecule has 0 amide bonds. The average Bonchev–Trinajstić information content (AvgIpc) is 3.05. The Morgan fingerprint density at radius 1 is 1.16 bits per heavy atom. The van der Waals surface area contributed by atoms with Crippen LogP contribution in [0, 0.1) is 17.3 Å². The summed E-state index contributed by atoms with van der Waals surface area (Å²) in [4.78, 5) is -0.767. The molecule has 0 aliphatic heterocycles. The van der Waals surface area contributed by atoms with Crippen molar-refractivity contribution in [3.63, 3.8) is 0 Å². The van der Waals surface area contributed by atoms with Crippen molar-refractivity contribution in [3.8, 4) is 0 Å². The largest absolute Gasteiger partial charge is 0.405 e. The second kappa shape index (κ2) is 7.65. The van der Waals surface area contributed by atoms with Gasteiger partial charge in [0.25, 0.3) is 0 Å². The molecule has 5 heteroatoms. The highest BCUT2D eigenvalue weighted by Crippen LogP contribution is 2.65. The zero-order valence-corrected chi connectivity index (χ0v) is 19.6. The maximum atomic E-state index is 12.3. The van der Waals surface area contributed by atoms with E-state index in [0.29, 0.717) is 24.4 Å². The van der Waals surface area contributed by atoms with Crippen molar-refractivity contribution < 1.29 is 10.2 Å². The zero-order valence-electron chi connectivity index (χ0n) is 18.9. The number of aliphatic hydroxyl groups is 2. The van der Waals surface area contributed by atoms with Gasteiger partial charge in [0.1, 0.15) is 0 Å². The Morgan fingerprint density at radius 3 is 2.72 bits per heavy atom. The average molecular weight is 455 g/mol. The van der Waals surface area contributed by atoms with Gasteiger partial charge in [0.05, 0.1) is 16.6 Å². The van der Waals surface area contributed by atoms with Crippen LogP contribution in [0.1, 0.15) is 69.4 Å². The lowest BCUT2D eigenvalue weighted by molar-refractivity contribution is -0.106. The smallest absolute Gasteiger partial charge is 0.0918 e. The van der Waals surface area contributed by atoms with Gasteiger partial charge in [0.2, 0.25) is 0 Å². The van der Waals surface area contributed by atoms with Crippen LogP contribution in [0.3, 0.4) is 0 Å². The molecular formula is C27H35ClN2O2. The number of alkyl halides is 1. The van der Waals surface area contributed by atoms with E-state index in [1.54, 1.807) is 0 Å². The van der Waals surface area contributed by atoms with Crippen molar-refractivity contribution in [3.05, 3.63) is 53.3 Å². The Bertz CT molecular complexity index is 1020. The molecule has 172 valence electrons. The van der Waals surface area contributed by atoms with Crippen molar-refractivity contribution in [2.75, 3.05) is 5.73 Å². The van der Waals surface area contributed by atoms with Gasteiger partial charge >= 0.3 is 0 Å². The molecule has 1 aromatic carbocycles. The molecule has 0 heterocycles. The van der Waals surface area contributed by atoms with E-state index in [2.05, 4.69) is 25.1 Å². The molecule has 6 N–H and O–H groups in total. The summed E-state index contributed by atoms with van der Waals surface area (Å²) >= 11 is 7.32. The van der Waals surface area contributed by atoms with E-state index in [1.807, 2.05) is 18.2 Å². The van der Waals surface area contributed by atoms with E-state index in [9.17, 15) is 10.2 Å². The molecule has 5 unspecified atom stereocenters. The minimum absolute atomic E-state index is 0.0583. The van der Waals surface area contributed by atoms with Gasteiger partial charge < -0.3 is 21.7 Å². The Labute approximate surface area is 196 Å². The van der Waals surface area contributed by atoms with E-state index >= 15 is 0 Å². The Balaban J connectivity index is 1.50. The fraction of sp³-hybridized carbons (Fsp3) is 0.556. The molecule has 5 rings (SSSR count). The highest BCUT2D eigenvalue weighted by Gasteiger charge is 2.64. The highest BCUT2D eigenvalue weighted by molar-refractivity contribution is 6.26. The number of halogens is 1. The standard InChI is InChI=1S/C27H35ClN2O2/c1-25-11-12-26(28)16-20-14-21(31)5-4-17(20)8-10-27(26,32)24(25)7-6-22(25)19-3-2-18(9-13-29)23(30)15-19/h2-3,6,9,13,15-17,21,24,31-32H,4-5,7-8,10-12,14,29-30H2,1H3/b13-9-/t17?,21?,24?,25?,26?,27-/m0/s1. The number of nitrogens with two attached hydrogens (primary N) is 2. The first-order chi connectivity index (χ1) is 15.2. The van der Waals surface area contributed by atoms with Crippen LogP contribution < -0.4 is 11.5 Å². The predicted molar refractivity (Wildman–Crippen MR) is 132 cm³/mol. The summed E-state index contributed by atoms with van der Waals surface area (Å²) in [6.45, 7) is 2.30. The van der Waals surface area contributed by atoms with Gasteiger partial charge in [0.15, 0.2) is 0 Å². The number of fused-ring (bicyclic) bond motifs is 4. The van der Waals surface area contributed by atoms with Crippen LogP contribution in [0.2, 0.25) is 0 Å². The minimum Gasteiger partial charge on any atom is -0.405 e. The monoisotopic (exact) mass is 454 g/mol. The van der Waals surface area contributed by atoms with Crippen LogP contribution in [-0.4, -0.2) is 26.8 Å². The number of allylic oxidation sites excluding steroid dienone is 2. The topological polar surface area (TPSA) is 92.5 Å². The number of nitrogen functional groups attached to an aromatic ring is 1. The van der Waals surface area contributed by atoms with Gasteiger partial charge in [0, 0.05) is 11.6 Å². The summed E-state index contributed by atoms with van der Waals surface area (Å²) in [7, 11) is 0. The van der Waals surface area contributed by atoms with E-state index in [1.165, 1.54) is 17.3 Å². The summed E-state index contributed by atoms with van der Waals surface area (Å²) in [5.41, 5.74) is 16.0. The maximum Gasteiger partial charge on any atom is 0.0918 e. The number of hydrogen-bond donors (Lipinski definition) is 4. The molecule has 0 spiro atoms. The second-order valence-corrected chi connectivity index (χ2v) is 11.4. The fourth-order valence-electron chi connectivity index (χ4n) is 7.23. The zero-order chi connectivity index (χ0) is 22.7. The molecule has 4 aliphatic rings. The van der Waals surface area contributed by atoms with E-state index in [-0.39, 0.29) is 17.4 Å². The lowest BCUT2D eigenvalue weighted by Gasteiger charge is -2.56. The highest BCUT2D eigenvalue weighted by atomic mass is 35.5. The SMILES string of the molecule is CC12CCC3(Cl)C=C4CC(O)CCC4CC[C@]3(O)C1CC=C2c1ccc(/C=C\N)c(N)c1. The van der Waals surface area contributed by atoms with Crippen molar-refractivity contribution in [1.82, 2.24) is 0 Å². The van der Waals surface area contributed by atoms with E-state index in [4.69, 9.17) is 23.1 Å². The first kappa shape index (κ1) is 22.1. The third kappa shape index (κ3) is 3.18. The van der Waals surface area contributed by atoms with Crippen LogP contribution in [0.5, 0.6) is 0 Å². The van der Waals surface area contributed by atoms with Gasteiger partial charge in [-0.3, -0.25) is 0 Å². The Morgan fingerprint density at radius 2 is 1.97 bits per heavy atom. The number of hydrogen-bond acceptors (Lipinski definition) is 4. The molecule has 32 heavy (non-hydrogen) atoms. The summed E-state index contributed by atoms with van der Waals surface area (Å²) < 4.78 is 0. The van der Waals surface area contributed by atoms with Crippen molar-refractivity contribution in [2.24, 2.45) is 23.0 Å². The lowest BCUT2D eigenvalue weighted by atomic mass is 9.54. The quantitative estimate of drug-likeness (QED) is 0.287. The number of rotatable bonds is 2. The maximum absolute atomic E-state index is 12.3. The minimum atomic E-state index is -0.969.